The molecule has 1 aliphatic heterocycles. The Morgan fingerprint density at radius 1 is 1.35 bits per heavy atom. The fourth-order valence-electron chi connectivity index (χ4n) is 2.77. The topological polar surface area (TPSA) is 29.3 Å². The predicted octanol–water partition coefficient (Wildman–Crippen LogP) is 2.29. The van der Waals surface area contributed by atoms with E-state index in [9.17, 15) is 0 Å². The Morgan fingerprint density at radius 3 is 2.82 bits per heavy atom. The maximum absolute atomic E-state index is 5.79. The molecule has 0 radical (unpaired) electrons. The van der Waals surface area contributed by atoms with Gasteiger partial charge >= 0.3 is 0 Å². The molecule has 2 atom stereocenters. The van der Waals surface area contributed by atoms with E-state index in [-0.39, 0.29) is 0 Å². The van der Waals surface area contributed by atoms with Crippen LogP contribution in [0.2, 0.25) is 0 Å². The molecule has 1 saturated heterocycles. The number of piperidine rings is 1. The molecule has 1 aliphatic rings. The Labute approximate surface area is 105 Å². The zero-order valence-electron chi connectivity index (χ0n) is 10.8. The van der Waals surface area contributed by atoms with Crippen molar-refractivity contribution in [2.24, 2.45) is 11.7 Å². The van der Waals surface area contributed by atoms with E-state index < -0.39 is 0 Å². The Bertz CT molecular complexity index is 323. The van der Waals surface area contributed by atoms with Crippen molar-refractivity contribution in [3.63, 3.8) is 0 Å². The van der Waals surface area contributed by atoms with Gasteiger partial charge in [0.05, 0.1) is 0 Å². The fraction of sp³-hybridized carbons (Fsp3) is 0.600. The number of nitrogens with zero attached hydrogens (tertiary/aromatic N) is 1. The van der Waals surface area contributed by atoms with E-state index in [0.29, 0.717) is 12.0 Å². The normalized spacial score (nSPS) is 23.5. The van der Waals surface area contributed by atoms with Crippen LogP contribution in [0.1, 0.15) is 25.3 Å². The van der Waals surface area contributed by atoms with Crippen molar-refractivity contribution in [3.8, 4) is 0 Å². The van der Waals surface area contributed by atoms with Gasteiger partial charge in [-0.3, -0.25) is 0 Å². The number of benzene rings is 1. The lowest BCUT2D eigenvalue weighted by molar-refractivity contribution is 0.134. The molecule has 1 fully saturated rings. The van der Waals surface area contributed by atoms with Crippen LogP contribution < -0.4 is 5.73 Å². The molecule has 2 nitrogen and oxygen atoms in total. The van der Waals surface area contributed by atoms with Crippen molar-refractivity contribution in [1.29, 1.82) is 0 Å². The number of rotatable bonds is 4. The molecule has 0 unspecified atom stereocenters. The quantitative estimate of drug-likeness (QED) is 0.863. The lowest BCUT2D eigenvalue weighted by Crippen LogP contribution is -2.44. The second-order valence-electron chi connectivity index (χ2n) is 5.28. The minimum Gasteiger partial charge on any atom is -0.330 e. The summed E-state index contributed by atoms with van der Waals surface area (Å²) in [6, 6.07) is 11.4. The first-order chi connectivity index (χ1) is 8.29. The summed E-state index contributed by atoms with van der Waals surface area (Å²) in [6.07, 6.45) is 3.77. The summed E-state index contributed by atoms with van der Waals surface area (Å²) in [7, 11) is 0. The summed E-state index contributed by atoms with van der Waals surface area (Å²) in [5.74, 6) is 0.710. The molecule has 1 aromatic carbocycles. The van der Waals surface area contributed by atoms with Gasteiger partial charge in [0.25, 0.3) is 0 Å². The monoisotopic (exact) mass is 232 g/mol. The summed E-state index contributed by atoms with van der Waals surface area (Å²) in [6.45, 7) is 5.61. The van der Waals surface area contributed by atoms with Crippen LogP contribution in [0.3, 0.4) is 0 Å². The number of hydrogen-bond acceptors (Lipinski definition) is 2. The van der Waals surface area contributed by atoms with Crippen molar-refractivity contribution in [1.82, 2.24) is 4.90 Å². The average Bonchev–Trinajstić information content (AvgIpc) is 2.40. The van der Waals surface area contributed by atoms with Gasteiger partial charge in [-0.1, -0.05) is 30.3 Å². The van der Waals surface area contributed by atoms with Crippen LogP contribution in [0.5, 0.6) is 0 Å². The van der Waals surface area contributed by atoms with Crippen LogP contribution in [0.25, 0.3) is 0 Å². The van der Waals surface area contributed by atoms with Gasteiger partial charge in [0.2, 0.25) is 0 Å². The standard InChI is InChI=1S/C15H24N2/c1-13(10-14-6-3-2-4-7-14)17-9-5-8-15(11-16)12-17/h2-4,6-7,13,15H,5,8-12,16H2,1H3/t13-,15-/m1/s1. The van der Waals surface area contributed by atoms with Gasteiger partial charge in [0, 0.05) is 12.6 Å². The van der Waals surface area contributed by atoms with Crippen LogP contribution in [0, 0.1) is 5.92 Å². The van der Waals surface area contributed by atoms with Gasteiger partial charge in [0.15, 0.2) is 0 Å². The minimum atomic E-state index is 0.631. The summed E-state index contributed by atoms with van der Waals surface area (Å²) >= 11 is 0. The van der Waals surface area contributed by atoms with E-state index in [1.54, 1.807) is 0 Å². The van der Waals surface area contributed by atoms with Crippen LogP contribution in [-0.2, 0) is 6.42 Å². The molecule has 2 N–H and O–H groups in total. The molecule has 2 heteroatoms. The lowest BCUT2D eigenvalue weighted by atomic mass is 9.95. The molecule has 0 aliphatic carbocycles. The number of likely N-dealkylation sites (tertiary alicyclic amines) is 1. The summed E-state index contributed by atoms with van der Waals surface area (Å²) in [4.78, 5) is 2.61. The smallest absolute Gasteiger partial charge is 0.0107 e. The van der Waals surface area contributed by atoms with Crippen LogP contribution >= 0.6 is 0 Å². The molecule has 0 amide bonds. The van der Waals surface area contributed by atoms with Crippen molar-refractivity contribution in [2.75, 3.05) is 19.6 Å². The third-order valence-corrected chi connectivity index (χ3v) is 3.88. The first-order valence-electron chi connectivity index (χ1n) is 6.77. The van der Waals surface area contributed by atoms with Gasteiger partial charge < -0.3 is 10.6 Å². The largest absolute Gasteiger partial charge is 0.330 e. The van der Waals surface area contributed by atoms with E-state index in [1.165, 1.54) is 31.5 Å². The van der Waals surface area contributed by atoms with Gasteiger partial charge in [0.1, 0.15) is 0 Å². The lowest BCUT2D eigenvalue weighted by Gasteiger charge is -2.36. The highest BCUT2D eigenvalue weighted by Gasteiger charge is 2.22. The summed E-state index contributed by atoms with van der Waals surface area (Å²) in [5.41, 5.74) is 7.23. The van der Waals surface area contributed by atoms with Gasteiger partial charge in [-0.2, -0.15) is 0 Å². The number of hydrogen-bond donors (Lipinski definition) is 1. The molecular weight excluding hydrogens is 208 g/mol. The highest BCUT2D eigenvalue weighted by molar-refractivity contribution is 5.15. The van der Waals surface area contributed by atoms with Crippen molar-refractivity contribution in [2.45, 2.75) is 32.2 Å². The van der Waals surface area contributed by atoms with Crippen molar-refractivity contribution < 1.29 is 0 Å². The molecule has 0 saturated carbocycles. The molecule has 17 heavy (non-hydrogen) atoms. The van der Waals surface area contributed by atoms with E-state index in [0.717, 1.165) is 13.0 Å². The van der Waals surface area contributed by atoms with Crippen LogP contribution in [-0.4, -0.2) is 30.6 Å². The van der Waals surface area contributed by atoms with E-state index >= 15 is 0 Å². The first kappa shape index (κ1) is 12.6. The fourth-order valence-corrected chi connectivity index (χ4v) is 2.77. The minimum absolute atomic E-state index is 0.631. The molecule has 94 valence electrons. The Morgan fingerprint density at radius 2 is 2.12 bits per heavy atom. The molecule has 0 aromatic heterocycles. The molecule has 0 bridgehead atoms. The second kappa shape index (κ2) is 6.18. The first-order valence-corrected chi connectivity index (χ1v) is 6.77. The summed E-state index contributed by atoms with van der Waals surface area (Å²) < 4.78 is 0. The zero-order valence-corrected chi connectivity index (χ0v) is 10.8. The van der Waals surface area contributed by atoms with Crippen molar-refractivity contribution in [3.05, 3.63) is 35.9 Å². The third kappa shape index (κ3) is 3.55. The Hall–Kier alpha value is -0.860. The maximum Gasteiger partial charge on any atom is 0.0107 e. The summed E-state index contributed by atoms with van der Waals surface area (Å²) in [5, 5.41) is 0. The van der Waals surface area contributed by atoms with Crippen molar-refractivity contribution >= 4 is 0 Å². The zero-order chi connectivity index (χ0) is 12.1. The molecule has 1 aromatic rings. The predicted molar refractivity (Wildman–Crippen MR) is 73.0 cm³/mol. The van der Waals surface area contributed by atoms with Crippen LogP contribution in [0.15, 0.2) is 30.3 Å². The SMILES string of the molecule is C[C@H](Cc1ccccc1)N1CCC[C@H](CN)C1. The highest BCUT2D eigenvalue weighted by atomic mass is 15.2. The van der Waals surface area contributed by atoms with Crippen LogP contribution in [0.4, 0.5) is 0 Å². The van der Waals surface area contributed by atoms with E-state index in [2.05, 4.69) is 42.2 Å². The second-order valence-corrected chi connectivity index (χ2v) is 5.28. The van der Waals surface area contributed by atoms with Gasteiger partial charge in [-0.15, -0.1) is 0 Å². The molecule has 2 rings (SSSR count). The third-order valence-electron chi connectivity index (χ3n) is 3.88. The molecule has 0 spiro atoms. The molecule has 1 heterocycles. The maximum atomic E-state index is 5.79. The van der Waals surface area contributed by atoms with Gasteiger partial charge in [-0.05, 0) is 50.8 Å². The Kier molecular flexibility index (Phi) is 4.57. The molecular formula is C15H24N2. The Balaban J connectivity index is 1.89. The van der Waals surface area contributed by atoms with Gasteiger partial charge in [-0.25, -0.2) is 0 Å². The van der Waals surface area contributed by atoms with E-state index in [1.807, 2.05) is 0 Å². The van der Waals surface area contributed by atoms with E-state index in [4.69, 9.17) is 5.73 Å². The average molecular weight is 232 g/mol. The highest BCUT2D eigenvalue weighted by Crippen LogP contribution is 2.19. The number of nitrogens with two attached hydrogens (primary N) is 1.